The maximum absolute atomic E-state index is 11.2. The van der Waals surface area contributed by atoms with Crippen LogP contribution in [0.5, 0.6) is 11.5 Å². The molecule has 0 bridgehead atoms. The Kier molecular flexibility index (Phi) is 6.03. The minimum Gasteiger partial charge on any atom is -0.493 e. The highest BCUT2D eigenvalue weighted by molar-refractivity contribution is 5.90. The SMILES string of the molecule is CC(=O)Nc1ccc(C)cc1OCCCOc1ccccc1C. The number of rotatable bonds is 7. The minimum absolute atomic E-state index is 0.110. The van der Waals surface area contributed by atoms with Gasteiger partial charge in [-0.2, -0.15) is 0 Å². The molecule has 0 unspecified atom stereocenters. The van der Waals surface area contributed by atoms with Crippen LogP contribution in [0, 0.1) is 13.8 Å². The Morgan fingerprint density at radius 1 is 1.00 bits per heavy atom. The molecule has 0 aliphatic rings. The summed E-state index contributed by atoms with van der Waals surface area (Å²) in [4.78, 5) is 11.2. The van der Waals surface area contributed by atoms with Gasteiger partial charge in [0, 0.05) is 13.3 Å². The lowest BCUT2D eigenvalue weighted by molar-refractivity contribution is -0.114. The number of para-hydroxylation sites is 1. The van der Waals surface area contributed by atoms with Gasteiger partial charge in [-0.05, 0) is 43.2 Å². The highest BCUT2D eigenvalue weighted by Gasteiger charge is 2.06. The maximum atomic E-state index is 11.2. The van der Waals surface area contributed by atoms with Crippen molar-refractivity contribution in [1.82, 2.24) is 0 Å². The van der Waals surface area contributed by atoms with Crippen molar-refractivity contribution < 1.29 is 14.3 Å². The summed E-state index contributed by atoms with van der Waals surface area (Å²) < 4.78 is 11.5. The Hall–Kier alpha value is -2.49. The number of nitrogens with one attached hydrogen (secondary N) is 1. The summed E-state index contributed by atoms with van der Waals surface area (Å²) in [5.74, 6) is 1.49. The molecular weight excluding hydrogens is 290 g/mol. The van der Waals surface area contributed by atoms with Crippen molar-refractivity contribution in [2.75, 3.05) is 18.5 Å². The van der Waals surface area contributed by atoms with E-state index in [1.54, 1.807) is 0 Å². The van der Waals surface area contributed by atoms with E-state index < -0.39 is 0 Å². The number of aryl methyl sites for hydroxylation is 2. The lowest BCUT2D eigenvalue weighted by Crippen LogP contribution is -2.10. The zero-order valence-corrected chi connectivity index (χ0v) is 13.9. The Labute approximate surface area is 137 Å². The number of anilines is 1. The molecule has 23 heavy (non-hydrogen) atoms. The topological polar surface area (TPSA) is 47.6 Å². The van der Waals surface area contributed by atoms with Gasteiger partial charge in [-0.3, -0.25) is 4.79 Å². The van der Waals surface area contributed by atoms with Crippen molar-refractivity contribution in [3.8, 4) is 11.5 Å². The van der Waals surface area contributed by atoms with Crippen molar-refractivity contribution >= 4 is 11.6 Å². The van der Waals surface area contributed by atoms with Crippen LogP contribution in [0.3, 0.4) is 0 Å². The van der Waals surface area contributed by atoms with Crippen LogP contribution in [0.25, 0.3) is 0 Å². The summed E-state index contributed by atoms with van der Waals surface area (Å²) in [5, 5.41) is 2.78. The van der Waals surface area contributed by atoms with E-state index in [-0.39, 0.29) is 5.91 Å². The minimum atomic E-state index is -0.110. The molecule has 0 fully saturated rings. The average molecular weight is 313 g/mol. The fourth-order valence-corrected chi connectivity index (χ4v) is 2.18. The first-order valence-corrected chi connectivity index (χ1v) is 7.76. The van der Waals surface area contributed by atoms with Gasteiger partial charge in [-0.1, -0.05) is 24.3 Å². The van der Waals surface area contributed by atoms with Crippen molar-refractivity contribution in [3.63, 3.8) is 0 Å². The monoisotopic (exact) mass is 313 g/mol. The average Bonchev–Trinajstić information content (AvgIpc) is 2.51. The number of amides is 1. The van der Waals surface area contributed by atoms with Crippen molar-refractivity contribution in [1.29, 1.82) is 0 Å². The Balaban J connectivity index is 1.83. The van der Waals surface area contributed by atoms with E-state index >= 15 is 0 Å². The fraction of sp³-hybridized carbons (Fsp3) is 0.316. The summed E-state index contributed by atoms with van der Waals surface area (Å²) in [5.41, 5.74) is 2.91. The third kappa shape index (κ3) is 5.33. The van der Waals surface area contributed by atoms with Gasteiger partial charge in [0.15, 0.2) is 0 Å². The first-order chi connectivity index (χ1) is 11.1. The normalized spacial score (nSPS) is 10.2. The third-order valence-corrected chi connectivity index (χ3v) is 3.35. The predicted molar refractivity (Wildman–Crippen MR) is 92.3 cm³/mol. The number of carbonyl (C=O) groups is 1. The molecule has 1 amide bonds. The van der Waals surface area contributed by atoms with Crippen molar-refractivity contribution in [2.45, 2.75) is 27.2 Å². The van der Waals surface area contributed by atoms with Gasteiger partial charge in [0.05, 0.1) is 18.9 Å². The van der Waals surface area contributed by atoms with Crippen LogP contribution in [-0.4, -0.2) is 19.1 Å². The van der Waals surface area contributed by atoms with Gasteiger partial charge in [0.2, 0.25) is 5.91 Å². The van der Waals surface area contributed by atoms with Gasteiger partial charge in [0.25, 0.3) is 0 Å². The van der Waals surface area contributed by atoms with Crippen LogP contribution < -0.4 is 14.8 Å². The first-order valence-electron chi connectivity index (χ1n) is 7.76. The molecule has 0 radical (unpaired) electrons. The fourth-order valence-electron chi connectivity index (χ4n) is 2.18. The van der Waals surface area contributed by atoms with Gasteiger partial charge in [-0.15, -0.1) is 0 Å². The number of hydrogen-bond donors (Lipinski definition) is 1. The molecule has 0 saturated carbocycles. The summed E-state index contributed by atoms with van der Waals surface area (Å²) >= 11 is 0. The highest BCUT2D eigenvalue weighted by atomic mass is 16.5. The number of ether oxygens (including phenoxy) is 2. The van der Waals surface area contributed by atoms with E-state index in [1.807, 2.05) is 56.3 Å². The smallest absolute Gasteiger partial charge is 0.221 e. The molecule has 0 heterocycles. The number of carbonyl (C=O) groups excluding carboxylic acids is 1. The molecule has 2 rings (SSSR count). The van der Waals surface area contributed by atoms with Crippen LogP contribution in [0.4, 0.5) is 5.69 Å². The zero-order chi connectivity index (χ0) is 16.7. The lowest BCUT2D eigenvalue weighted by Gasteiger charge is -2.13. The van der Waals surface area contributed by atoms with E-state index in [2.05, 4.69) is 5.32 Å². The number of benzene rings is 2. The van der Waals surface area contributed by atoms with Crippen LogP contribution in [0.15, 0.2) is 42.5 Å². The second-order valence-corrected chi connectivity index (χ2v) is 5.50. The maximum Gasteiger partial charge on any atom is 0.221 e. The van der Waals surface area contributed by atoms with Crippen molar-refractivity contribution in [2.24, 2.45) is 0 Å². The standard InChI is InChI=1S/C19H23NO3/c1-14-9-10-17(20-16(3)21)19(13-14)23-12-6-11-22-18-8-5-4-7-15(18)2/h4-5,7-10,13H,6,11-12H2,1-3H3,(H,20,21). The van der Waals surface area contributed by atoms with Gasteiger partial charge >= 0.3 is 0 Å². The molecule has 4 heteroatoms. The second kappa shape index (κ2) is 8.22. The Bertz CT molecular complexity index is 667. The van der Waals surface area contributed by atoms with Gasteiger partial charge in [-0.25, -0.2) is 0 Å². The molecule has 0 atom stereocenters. The zero-order valence-electron chi connectivity index (χ0n) is 13.9. The molecule has 1 N–H and O–H groups in total. The summed E-state index contributed by atoms with van der Waals surface area (Å²) in [6, 6.07) is 13.7. The lowest BCUT2D eigenvalue weighted by atomic mass is 10.2. The summed E-state index contributed by atoms with van der Waals surface area (Å²) in [6.07, 6.45) is 0.766. The highest BCUT2D eigenvalue weighted by Crippen LogP contribution is 2.26. The molecule has 0 saturated heterocycles. The van der Waals surface area contributed by atoms with Crippen LogP contribution in [0.1, 0.15) is 24.5 Å². The molecule has 0 aliphatic carbocycles. The molecular formula is C19H23NO3. The molecule has 0 spiro atoms. The van der Waals surface area contributed by atoms with E-state index in [4.69, 9.17) is 9.47 Å². The quantitative estimate of drug-likeness (QED) is 0.783. The van der Waals surface area contributed by atoms with Gasteiger partial charge in [0.1, 0.15) is 11.5 Å². The molecule has 4 nitrogen and oxygen atoms in total. The van der Waals surface area contributed by atoms with Crippen molar-refractivity contribution in [3.05, 3.63) is 53.6 Å². The molecule has 2 aromatic rings. The summed E-state index contributed by atoms with van der Waals surface area (Å²) in [7, 11) is 0. The Morgan fingerprint density at radius 2 is 1.70 bits per heavy atom. The van der Waals surface area contributed by atoms with Crippen LogP contribution in [-0.2, 0) is 4.79 Å². The Morgan fingerprint density at radius 3 is 2.39 bits per heavy atom. The van der Waals surface area contributed by atoms with Crippen LogP contribution in [0.2, 0.25) is 0 Å². The largest absolute Gasteiger partial charge is 0.493 e. The van der Waals surface area contributed by atoms with E-state index in [0.717, 1.165) is 23.3 Å². The molecule has 0 aliphatic heterocycles. The second-order valence-electron chi connectivity index (χ2n) is 5.50. The predicted octanol–water partition coefficient (Wildman–Crippen LogP) is 4.11. The number of hydrogen-bond acceptors (Lipinski definition) is 3. The molecule has 0 aromatic heterocycles. The van der Waals surface area contributed by atoms with E-state index in [0.29, 0.717) is 24.7 Å². The van der Waals surface area contributed by atoms with Crippen LogP contribution >= 0.6 is 0 Å². The molecule has 2 aromatic carbocycles. The van der Waals surface area contributed by atoms with Gasteiger partial charge < -0.3 is 14.8 Å². The summed E-state index contributed by atoms with van der Waals surface area (Å²) in [6.45, 7) is 6.62. The third-order valence-electron chi connectivity index (χ3n) is 3.35. The molecule has 122 valence electrons. The van der Waals surface area contributed by atoms with E-state index in [1.165, 1.54) is 6.92 Å². The first kappa shape index (κ1) is 16.9. The van der Waals surface area contributed by atoms with E-state index in [9.17, 15) is 4.79 Å².